The third-order valence-corrected chi connectivity index (χ3v) is 3.39. The predicted molar refractivity (Wildman–Crippen MR) is 77.0 cm³/mol. The molecule has 1 aromatic carbocycles. The summed E-state index contributed by atoms with van der Waals surface area (Å²) in [6.07, 6.45) is 3.09. The van der Waals surface area contributed by atoms with Crippen LogP contribution >= 0.6 is 15.9 Å². The molecule has 0 saturated heterocycles. The van der Waals surface area contributed by atoms with Crippen LogP contribution in [-0.2, 0) is 6.61 Å². The zero-order valence-corrected chi connectivity index (χ0v) is 11.9. The molecule has 1 heterocycles. The normalized spacial score (nSPS) is 10.3. The first kappa shape index (κ1) is 13.7. The van der Waals surface area contributed by atoms with Crippen LogP contribution in [0.5, 0.6) is 0 Å². The zero-order valence-electron chi connectivity index (χ0n) is 10.4. The number of pyridine rings is 1. The Kier molecular flexibility index (Phi) is 4.29. The smallest absolute Gasteiger partial charge is 0.256 e. The molecule has 5 heteroatoms. The van der Waals surface area contributed by atoms with Crippen LogP contribution in [0.1, 0.15) is 21.5 Å². The highest BCUT2D eigenvalue weighted by Crippen LogP contribution is 2.21. The van der Waals surface area contributed by atoms with Crippen molar-refractivity contribution >= 4 is 27.5 Å². The Morgan fingerprint density at radius 1 is 1.42 bits per heavy atom. The van der Waals surface area contributed by atoms with Crippen molar-refractivity contribution in [3.05, 3.63) is 57.8 Å². The Bertz CT molecular complexity index is 614. The molecule has 0 aliphatic carbocycles. The average Bonchev–Trinajstić information content (AvgIpc) is 2.42. The molecule has 0 aliphatic rings. The second-order valence-electron chi connectivity index (χ2n) is 4.13. The van der Waals surface area contributed by atoms with Gasteiger partial charge in [-0.15, -0.1) is 0 Å². The number of rotatable bonds is 3. The van der Waals surface area contributed by atoms with Crippen molar-refractivity contribution in [3.63, 3.8) is 0 Å². The van der Waals surface area contributed by atoms with Crippen LogP contribution in [0.15, 0.2) is 41.1 Å². The van der Waals surface area contributed by atoms with Crippen LogP contribution in [0, 0.1) is 6.92 Å². The molecule has 0 fully saturated rings. The molecular formula is C14H13BrN2O2. The van der Waals surface area contributed by atoms with Crippen molar-refractivity contribution < 1.29 is 9.90 Å². The van der Waals surface area contributed by atoms with E-state index in [-0.39, 0.29) is 12.5 Å². The summed E-state index contributed by atoms with van der Waals surface area (Å²) in [7, 11) is 0. The van der Waals surface area contributed by atoms with Crippen molar-refractivity contribution in [2.45, 2.75) is 13.5 Å². The summed E-state index contributed by atoms with van der Waals surface area (Å²) in [5, 5.41) is 12.0. The van der Waals surface area contributed by atoms with Gasteiger partial charge in [0, 0.05) is 16.2 Å². The lowest BCUT2D eigenvalue weighted by atomic mass is 10.1. The zero-order chi connectivity index (χ0) is 13.8. The van der Waals surface area contributed by atoms with Crippen LogP contribution in [0.2, 0.25) is 0 Å². The van der Waals surface area contributed by atoms with E-state index in [2.05, 4.69) is 26.2 Å². The molecule has 1 aromatic heterocycles. The van der Waals surface area contributed by atoms with E-state index in [1.54, 1.807) is 18.3 Å². The van der Waals surface area contributed by atoms with E-state index in [0.717, 1.165) is 10.0 Å². The average molecular weight is 321 g/mol. The van der Waals surface area contributed by atoms with Gasteiger partial charge in [-0.1, -0.05) is 11.6 Å². The number of aryl methyl sites for hydroxylation is 1. The molecule has 98 valence electrons. The maximum Gasteiger partial charge on any atom is 0.256 e. The Morgan fingerprint density at radius 3 is 2.95 bits per heavy atom. The first-order valence-electron chi connectivity index (χ1n) is 5.73. The molecule has 0 spiro atoms. The van der Waals surface area contributed by atoms with E-state index in [0.29, 0.717) is 16.8 Å². The number of nitrogens with zero attached hydrogens (tertiary/aromatic N) is 1. The van der Waals surface area contributed by atoms with Gasteiger partial charge >= 0.3 is 0 Å². The van der Waals surface area contributed by atoms with Crippen molar-refractivity contribution in [2.24, 2.45) is 0 Å². The summed E-state index contributed by atoms with van der Waals surface area (Å²) in [6.45, 7) is 1.78. The Labute approximate surface area is 119 Å². The number of aliphatic hydroxyl groups excluding tert-OH is 1. The first-order valence-corrected chi connectivity index (χ1v) is 6.52. The third kappa shape index (κ3) is 3.19. The summed E-state index contributed by atoms with van der Waals surface area (Å²) in [5.74, 6) is -0.238. The number of nitrogens with one attached hydrogen (secondary N) is 1. The van der Waals surface area contributed by atoms with Crippen LogP contribution in [-0.4, -0.2) is 16.0 Å². The SMILES string of the molecule is Cc1ccc(Br)c(C(=O)Nc2cnccc2CO)c1. The first-order chi connectivity index (χ1) is 9.11. The van der Waals surface area contributed by atoms with E-state index >= 15 is 0 Å². The third-order valence-electron chi connectivity index (χ3n) is 2.70. The van der Waals surface area contributed by atoms with E-state index in [1.807, 2.05) is 19.1 Å². The lowest BCUT2D eigenvalue weighted by molar-refractivity contribution is 0.102. The lowest BCUT2D eigenvalue weighted by Crippen LogP contribution is -2.14. The number of carbonyl (C=O) groups is 1. The highest BCUT2D eigenvalue weighted by Gasteiger charge is 2.12. The predicted octanol–water partition coefficient (Wildman–Crippen LogP) is 2.90. The van der Waals surface area contributed by atoms with Gasteiger partial charge in [0.05, 0.1) is 24.1 Å². The highest BCUT2D eigenvalue weighted by atomic mass is 79.9. The molecule has 2 rings (SSSR count). The summed E-state index contributed by atoms with van der Waals surface area (Å²) >= 11 is 3.35. The standard InChI is InChI=1S/C14H13BrN2O2/c1-9-2-3-12(15)11(6-9)14(19)17-13-7-16-5-4-10(13)8-18/h2-7,18H,8H2,1H3,(H,17,19). The van der Waals surface area contributed by atoms with Crippen molar-refractivity contribution in [1.29, 1.82) is 0 Å². The molecule has 19 heavy (non-hydrogen) atoms. The Hall–Kier alpha value is -1.72. The van der Waals surface area contributed by atoms with Crippen LogP contribution < -0.4 is 5.32 Å². The van der Waals surface area contributed by atoms with Gasteiger partial charge in [-0.2, -0.15) is 0 Å². The maximum absolute atomic E-state index is 12.2. The second-order valence-corrected chi connectivity index (χ2v) is 4.98. The number of amides is 1. The molecule has 0 radical (unpaired) electrons. The van der Waals surface area contributed by atoms with Crippen molar-refractivity contribution in [2.75, 3.05) is 5.32 Å². The number of aliphatic hydroxyl groups is 1. The van der Waals surface area contributed by atoms with Crippen LogP contribution in [0.25, 0.3) is 0 Å². The van der Waals surface area contributed by atoms with Crippen LogP contribution in [0.3, 0.4) is 0 Å². The summed E-state index contributed by atoms with van der Waals surface area (Å²) < 4.78 is 0.727. The van der Waals surface area contributed by atoms with E-state index in [1.165, 1.54) is 6.20 Å². The number of anilines is 1. The number of carbonyl (C=O) groups excluding carboxylic acids is 1. The number of hydrogen-bond donors (Lipinski definition) is 2. The van der Waals surface area contributed by atoms with E-state index < -0.39 is 0 Å². The molecule has 0 unspecified atom stereocenters. The van der Waals surface area contributed by atoms with Gasteiger partial charge in [-0.25, -0.2) is 0 Å². The molecule has 4 nitrogen and oxygen atoms in total. The Morgan fingerprint density at radius 2 is 2.21 bits per heavy atom. The molecule has 2 aromatic rings. The van der Waals surface area contributed by atoms with Gasteiger partial charge in [0.2, 0.25) is 0 Å². The van der Waals surface area contributed by atoms with E-state index in [4.69, 9.17) is 0 Å². The molecule has 0 atom stereocenters. The molecule has 1 amide bonds. The number of halogens is 1. The van der Waals surface area contributed by atoms with Crippen LogP contribution in [0.4, 0.5) is 5.69 Å². The lowest BCUT2D eigenvalue weighted by Gasteiger charge is -2.10. The van der Waals surface area contributed by atoms with E-state index in [9.17, 15) is 9.90 Å². The fourth-order valence-corrected chi connectivity index (χ4v) is 2.10. The number of hydrogen-bond acceptors (Lipinski definition) is 3. The summed E-state index contributed by atoms with van der Waals surface area (Å²) in [4.78, 5) is 16.1. The number of aromatic nitrogens is 1. The largest absolute Gasteiger partial charge is 0.392 e. The molecule has 0 saturated carbocycles. The fraction of sp³-hybridized carbons (Fsp3) is 0.143. The molecule has 0 aliphatic heterocycles. The quantitative estimate of drug-likeness (QED) is 0.914. The fourth-order valence-electron chi connectivity index (χ4n) is 1.68. The van der Waals surface area contributed by atoms with Crippen molar-refractivity contribution in [3.8, 4) is 0 Å². The minimum absolute atomic E-state index is 0.146. The number of benzene rings is 1. The van der Waals surface area contributed by atoms with Crippen molar-refractivity contribution in [1.82, 2.24) is 4.98 Å². The maximum atomic E-state index is 12.2. The van der Waals surface area contributed by atoms with Gasteiger partial charge in [0.1, 0.15) is 0 Å². The second kappa shape index (κ2) is 5.95. The monoisotopic (exact) mass is 320 g/mol. The van der Waals surface area contributed by atoms with Gasteiger partial charge in [0.15, 0.2) is 0 Å². The van der Waals surface area contributed by atoms with Gasteiger partial charge in [-0.05, 0) is 41.1 Å². The Balaban J connectivity index is 2.28. The molecule has 2 N–H and O–H groups in total. The topological polar surface area (TPSA) is 62.2 Å². The summed E-state index contributed by atoms with van der Waals surface area (Å²) in [5.41, 5.74) is 2.70. The molecular weight excluding hydrogens is 308 g/mol. The minimum Gasteiger partial charge on any atom is -0.392 e. The van der Waals surface area contributed by atoms with Gasteiger partial charge in [0.25, 0.3) is 5.91 Å². The van der Waals surface area contributed by atoms with Gasteiger partial charge < -0.3 is 10.4 Å². The highest BCUT2D eigenvalue weighted by molar-refractivity contribution is 9.10. The summed E-state index contributed by atoms with van der Waals surface area (Å²) in [6, 6.07) is 7.22. The van der Waals surface area contributed by atoms with Gasteiger partial charge in [-0.3, -0.25) is 9.78 Å². The molecule has 0 bridgehead atoms. The minimum atomic E-state index is -0.238.